The summed E-state index contributed by atoms with van der Waals surface area (Å²) in [7, 11) is 0. The quantitative estimate of drug-likeness (QED) is 0.313. The van der Waals surface area contributed by atoms with Crippen LogP contribution in [0.4, 0.5) is 13.2 Å². The third kappa shape index (κ3) is 5.01. The highest BCUT2D eigenvalue weighted by Gasteiger charge is 2.32. The van der Waals surface area contributed by atoms with E-state index in [2.05, 4.69) is 15.3 Å². The van der Waals surface area contributed by atoms with Gasteiger partial charge in [-0.1, -0.05) is 51.2 Å². The maximum Gasteiger partial charge on any atom is 0.417 e. The molecule has 0 saturated heterocycles. The molecule has 11 heteroatoms. The van der Waals surface area contributed by atoms with Crippen LogP contribution in [0.1, 0.15) is 23.8 Å². The number of nitrogens with zero attached hydrogens (tertiary/aromatic N) is 3. The van der Waals surface area contributed by atoms with Gasteiger partial charge in [0.15, 0.2) is 5.76 Å². The minimum Gasteiger partial charge on any atom is -0.390 e. The molecule has 0 aliphatic rings. The van der Waals surface area contributed by atoms with E-state index in [9.17, 15) is 13.2 Å². The minimum atomic E-state index is -4.55. The molecule has 29 heavy (non-hydrogen) atoms. The third-order valence-corrected chi connectivity index (χ3v) is 4.75. The zero-order valence-corrected chi connectivity index (χ0v) is 16.9. The van der Waals surface area contributed by atoms with Crippen LogP contribution in [-0.2, 0) is 17.6 Å². The highest BCUT2D eigenvalue weighted by atomic mass is 35.5. The Kier molecular flexibility index (Phi) is 6.36. The van der Waals surface area contributed by atoms with E-state index in [4.69, 9.17) is 44.2 Å². The molecule has 0 amide bonds. The summed E-state index contributed by atoms with van der Waals surface area (Å²) < 4.78 is 43.3. The standard InChI is InChI=1S/C18H11Cl3F3N3O2/c1-9(26-28-8-11-12(19)3-2-4-13(11)20)16-6-15(27-29-16)17-14(21)5-10(7-25-17)18(22,23)24/h2-7H,8H2,1H3/b26-9-. The number of rotatable bonds is 5. The van der Waals surface area contributed by atoms with Gasteiger partial charge < -0.3 is 9.36 Å². The molecule has 2 heterocycles. The number of pyridine rings is 1. The van der Waals surface area contributed by atoms with E-state index in [-0.39, 0.29) is 28.8 Å². The molecule has 0 spiro atoms. The molecule has 0 aliphatic carbocycles. The van der Waals surface area contributed by atoms with Gasteiger partial charge in [0.2, 0.25) is 0 Å². The fourth-order valence-electron chi connectivity index (χ4n) is 2.25. The summed E-state index contributed by atoms with van der Waals surface area (Å²) in [6.45, 7) is 1.63. The van der Waals surface area contributed by atoms with Gasteiger partial charge in [0.25, 0.3) is 0 Å². The van der Waals surface area contributed by atoms with Crippen molar-refractivity contribution in [1.29, 1.82) is 0 Å². The molecule has 3 rings (SSSR count). The lowest BCUT2D eigenvalue weighted by Crippen LogP contribution is -2.05. The Morgan fingerprint density at radius 3 is 2.45 bits per heavy atom. The SMILES string of the molecule is C/C(=N/OCc1c(Cl)cccc1Cl)c1cc(-c2ncc(C(F)(F)F)cc2Cl)no1. The summed E-state index contributed by atoms with van der Waals surface area (Å²) in [5.74, 6) is 0.225. The second-order valence-corrected chi connectivity index (χ2v) is 7.00. The van der Waals surface area contributed by atoms with Gasteiger partial charge in [0, 0.05) is 27.9 Å². The molecule has 0 atom stereocenters. The molecule has 0 saturated carbocycles. The number of alkyl halides is 3. The van der Waals surface area contributed by atoms with Crippen LogP contribution in [-0.4, -0.2) is 15.9 Å². The third-order valence-electron chi connectivity index (χ3n) is 3.75. The first kappa shape index (κ1) is 21.4. The lowest BCUT2D eigenvalue weighted by atomic mass is 10.2. The molecular formula is C18H11Cl3F3N3O2. The first-order chi connectivity index (χ1) is 13.7. The molecular weight excluding hydrogens is 454 g/mol. The number of hydrogen-bond acceptors (Lipinski definition) is 5. The summed E-state index contributed by atoms with van der Waals surface area (Å²) >= 11 is 18.0. The second kappa shape index (κ2) is 8.61. The van der Waals surface area contributed by atoms with Crippen molar-refractivity contribution in [1.82, 2.24) is 10.1 Å². The molecule has 0 N–H and O–H groups in total. The van der Waals surface area contributed by atoms with Crippen molar-refractivity contribution in [3.8, 4) is 11.4 Å². The highest BCUT2D eigenvalue weighted by Crippen LogP contribution is 2.34. The van der Waals surface area contributed by atoms with Crippen LogP contribution in [0.3, 0.4) is 0 Å². The van der Waals surface area contributed by atoms with Crippen LogP contribution in [0.25, 0.3) is 11.4 Å². The van der Waals surface area contributed by atoms with Crippen molar-refractivity contribution in [2.75, 3.05) is 0 Å². The van der Waals surface area contributed by atoms with Crippen LogP contribution in [0.2, 0.25) is 15.1 Å². The van der Waals surface area contributed by atoms with Gasteiger partial charge in [-0.05, 0) is 25.1 Å². The van der Waals surface area contributed by atoms with E-state index in [0.29, 0.717) is 27.5 Å². The van der Waals surface area contributed by atoms with Gasteiger partial charge in [-0.2, -0.15) is 13.2 Å². The van der Waals surface area contributed by atoms with E-state index in [0.717, 1.165) is 6.07 Å². The van der Waals surface area contributed by atoms with E-state index in [1.54, 1.807) is 25.1 Å². The zero-order valence-electron chi connectivity index (χ0n) is 14.6. The number of halogens is 6. The maximum atomic E-state index is 12.7. The Balaban J connectivity index is 1.75. The largest absolute Gasteiger partial charge is 0.417 e. The average Bonchev–Trinajstić information content (AvgIpc) is 3.13. The number of oxime groups is 1. The van der Waals surface area contributed by atoms with Gasteiger partial charge in [0.05, 0.1) is 10.6 Å². The van der Waals surface area contributed by atoms with Crippen LogP contribution in [0, 0.1) is 0 Å². The number of hydrogen-bond donors (Lipinski definition) is 0. The molecule has 152 valence electrons. The van der Waals surface area contributed by atoms with Crippen LogP contribution >= 0.6 is 34.8 Å². The fourth-order valence-corrected chi connectivity index (χ4v) is 3.02. The smallest absolute Gasteiger partial charge is 0.390 e. The molecule has 0 bridgehead atoms. The van der Waals surface area contributed by atoms with Gasteiger partial charge in [-0.3, -0.25) is 4.98 Å². The van der Waals surface area contributed by atoms with E-state index < -0.39 is 11.7 Å². The monoisotopic (exact) mass is 463 g/mol. The van der Waals surface area contributed by atoms with Crippen molar-refractivity contribution in [3.05, 3.63) is 68.5 Å². The predicted octanol–water partition coefficient (Wildman–Crippen LogP) is 6.66. The molecule has 0 radical (unpaired) electrons. The Hall–Kier alpha value is -2.29. The lowest BCUT2D eigenvalue weighted by molar-refractivity contribution is -0.137. The Labute approximate surface area is 178 Å². The summed E-state index contributed by atoms with van der Waals surface area (Å²) in [6.07, 6.45) is -3.87. The van der Waals surface area contributed by atoms with Crippen molar-refractivity contribution in [3.63, 3.8) is 0 Å². The zero-order chi connectivity index (χ0) is 21.2. The van der Waals surface area contributed by atoms with Crippen LogP contribution in [0.15, 0.2) is 46.2 Å². The Morgan fingerprint density at radius 2 is 1.83 bits per heavy atom. The van der Waals surface area contributed by atoms with Crippen molar-refractivity contribution in [2.45, 2.75) is 19.7 Å². The van der Waals surface area contributed by atoms with Crippen molar-refractivity contribution in [2.24, 2.45) is 5.16 Å². The number of benzene rings is 1. The average molecular weight is 465 g/mol. The molecule has 0 unspecified atom stereocenters. The Morgan fingerprint density at radius 1 is 1.14 bits per heavy atom. The summed E-state index contributed by atoms with van der Waals surface area (Å²) in [5, 5.41) is 8.35. The lowest BCUT2D eigenvalue weighted by Gasteiger charge is -2.07. The summed E-state index contributed by atoms with van der Waals surface area (Å²) in [4.78, 5) is 8.99. The molecule has 5 nitrogen and oxygen atoms in total. The fraction of sp³-hybridized carbons (Fsp3) is 0.167. The van der Waals surface area contributed by atoms with E-state index in [1.165, 1.54) is 6.07 Å². The van der Waals surface area contributed by atoms with Gasteiger partial charge >= 0.3 is 6.18 Å². The Bertz CT molecular complexity index is 1050. The molecule has 0 aliphatic heterocycles. The van der Waals surface area contributed by atoms with Gasteiger partial charge in [-0.15, -0.1) is 0 Å². The van der Waals surface area contributed by atoms with Crippen LogP contribution < -0.4 is 0 Å². The van der Waals surface area contributed by atoms with E-state index >= 15 is 0 Å². The van der Waals surface area contributed by atoms with Crippen molar-refractivity contribution < 1.29 is 22.5 Å². The molecule has 1 aromatic carbocycles. The van der Waals surface area contributed by atoms with Crippen molar-refractivity contribution >= 4 is 40.5 Å². The number of aromatic nitrogens is 2. The van der Waals surface area contributed by atoms with Gasteiger partial charge in [0.1, 0.15) is 23.7 Å². The normalized spacial score (nSPS) is 12.3. The first-order valence-corrected chi connectivity index (χ1v) is 9.10. The highest BCUT2D eigenvalue weighted by molar-refractivity contribution is 6.36. The van der Waals surface area contributed by atoms with Crippen LogP contribution in [0.5, 0.6) is 0 Å². The maximum absolute atomic E-state index is 12.7. The van der Waals surface area contributed by atoms with E-state index in [1.807, 2.05) is 0 Å². The summed E-state index contributed by atoms with van der Waals surface area (Å²) in [6, 6.07) is 7.26. The summed E-state index contributed by atoms with van der Waals surface area (Å²) in [5.41, 5.74) is 0.148. The molecule has 2 aromatic heterocycles. The predicted molar refractivity (Wildman–Crippen MR) is 103 cm³/mol. The molecule has 3 aromatic rings. The first-order valence-electron chi connectivity index (χ1n) is 7.96. The van der Waals surface area contributed by atoms with Gasteiger partial charge in [-0.25, -0.2) is 0 Å². The second-order valence-electron chi connectivity index (χ2n) is 5.78. The molecule has 0 fully saturated rings. The minimum absolute atomic E-state index is 0.0309. The topological polar surface area (TPSA) is 60.5 Å².